The van der Waals surface area contributed by atoms with Crippen LogP contribution in [0.3, 0.4) is 0 Å². The Bertz CT molecular complexity index is 407. The fourth-order valence-electron chi connectivity index (χ4n) is 1.79. The minimum absolute atomic E-state index is 0.0148. The molecule has 1 amide bonds. The lowest BCUT2D eigenvalue weighted by Gasteiger charge is -2.18. The van der Waals surface area contributed by atoms with Crippen LogP contribution in [0.2, 0.25) is 0 Å². The van der Waals surface area contributed by atoms with Gasteiger partial charge in [0.05, 0.1) is 0 Å². The third-order valence-electron chi connectivity index (χ3n) is 3.10. The second kappa shape index (κ2) is 7.27. The number of unbranched alkanes of at least 4 members (excludes halogenated alkanes) is 3. The smallest absolute Gasteiger partial charge is 0.230 e. The van der Waals surface area contributed by atoms with Crippen LogP contribution < -0.4 is 5.32 Å². The van der Waals surface area contributed by atoms with E-state index >= 15 is 0 Å². The molecule has 0 unspecified atom stereocenters. The Balaban J connectivity index is 2.65. The van der Waals surface area contributed by atoms with Crippen LogP contribution in [-0.2, 0) is 11.2 Å². The Morgan fingerprint density at radius 3 is 2.63 bits per heavy atom. The molecule has 1 aromatic rings. The lowest BCUT2D eigenvalue weighted by atomic mass is 9.95. The Morgan fingerprint density at radius 1 is 1.26 bits per heavy atom. The molecule has 106 valence electrons. The molecule has 0 aliphatic rings. The minimum atomic E-state index is -0.392. The first kappa shape index (κ1) is 15.7. The number of carbonyl (C=O) groups excluding carboxylic acids is 1. The summed E-state index contributed by atoms with van der Waals surface area (Å²) in [6.07, 6.45) is 7.60. The van der Waals surface area contributed by atoms with E-state index in [9.17, 15) is 4.79 Å². The van der Waals surface area contributed by atoms with Crippen molar-refractivity contribution in [2.75, 3.05) is 5.32 Å². The average Bonchev–Trinajstić information content (AvgIpc) is 2.35. The summed E-state index contributed by atoms with van der Waals surface area (Å²) in [5.74, 6) is 0.736. The Hall–Kier alpha value is -1.38. The predicted octanol–water partition coefficient (Wildman–Crippen LogP) is 4.19. The molecular formula is C16H26N2O. The van der Waals surface area contributed by atoms with Crippen LogP contribution >= 0.6 is 0 Å². The predicted molar refractivity (Wildman–Crippen MR) is 80.2 cm³/mol. The summed E-state index contributed by atoms with van der Waals surface area (Å²) in [4.78, 5) is 16.3. The van der Waals surface area contributed by atoms with Crippen molar-refractivity contribution in [3.63, 3.8) is 0 Å². The molecule has 19 heavy (non-hydrogen) atoms. The van der Waals surface area contributed by atoms with E-state index in [2.05, 4.69) is 23.3 Å². The second-order valence-corrected chi connectivity index (χ2v) is 6.03. The van der Waals surface area contributed by atoms with E-state index < -0.39 is 5.41 Å². The third-order valence-corrected chi connectivity index (χ3v) is 3.10. The number of amides is 1. The summed E-state index contributed by atoms with van der Waals surface area (Å²) >= 11 is 0. The summed E-state index contributed by atoms with van der Waals surface area (Å²) in [5, 5.41) is 2.94. The van der Waals surface area contributed by atoms with E-state index in [-0.39, 0.29) is 5.91 Å². The van der Waals surface area contributed by atoms with E-state index in [0.717, 1.165) is 24.2 Å². The van der Waals surface area contributed by atoms with E-state index in [1.165, 1.54) is 19.3 Å². The number of anilines is 1. The zero-order valence-electron chi connectivity index (χ0n) is 12.6. The molecule has 1 aromatic heterocycles. The van der Waals surface area contributed by atoms with Crippen molar-refractivity contribution in [3.8, 4) is 0 Å². The highest BCUT2D eigenvalue weighted by atomic mass is 16.2. The SMILES string of the molecule is CCCCCCc1cccnc1NC(=O)C(C)(C)C. The van der Waals surface area contributed by atoms with Crippen molar-refractivity contribution in [3.05, 3.63) is 23.9 Å². The van der Waals surface area contributed by atoms with Crippen LogP contribution in [0.15, 0.2) is 18.3 Å². The number of hydrogen-bond acceptors (Lipinski definition) is 2. The molecule has 3 heteroatoms. The van der Waals surface area contributed by atoms with Gasteiger partial charge in [-0.25, -0.2) is 4.98 Å². The van der Waals surface area contributed by atoms with Crippen LogP contribution in [0.25, 0.3) is 0 Å². The summed E-state index contributed by atoms with van der Waals surface area (Å²) in [6.45, 7) is 7.93. The van der Waals surface area contributed by atoms with Gasteiger partial charge in [0.1, 0.15) is 5.82 Å². The average molecular weight is 262 g/mol. The monoisotopic (exact) mass is 262 g/mol. The highest BCUT2D eigenvalue weighted by Gasteiger charge is 2.22. The molecule has 0 aromatic carbocycles. The van der Waals surface area contributed by atoms with E-state index in [4.69, 9.17) is 0 Å². The topological polar surface area (TPSA) is 42.0 Å². The van der Waals surface area contributed by atoms with Gasteiger partial charge in [0.15, 0.2) is 0 Å². The molecule has 0 saturated heterocycles. The molecule has 0 fully saturated rings. The van der Waals surface area contributed by atoms with Crippen LogP contribution in [0, 0.1) is 5.41 Å². The first-order chi connectivity index (χ1) is 8.95. The number of carbonyl (C=O) groups is 1. The maximum Gasteiger partial charge on any atom is 0.230 e. The summed E-state index contributed by atoms with van der Waals surface area (Å²) in [5.41, 5.74) is 0.744. The van der Waals surface area contributed by atoms with Gasteiger partial charge < -0.3 is 5.32 Å². The van der Waals surface area contributed by atoms with Gasteiger partial charge in [0, 0.05) is 11.6 Å². The molecule has 3 nitrogen and oxygen atoms in total. The number of hydrogen-bond donors (Lipinski definition) is 1. The summed E-state index contributed by atoms with van der Waals surface area (Å²) < 4.78 is 0. The van der Waals surface area contributed by atoms with E-state index in [1.807, 2.05) is 26.8 Å². The number of aryl methyl sites for hydroxylation is 1. The molecule has 1 rings (SSSR count). The van der Waals surface area contributed by atoms with Crippen molar-refractivity contribution < 1.29 is 4.79 Å². The van der Waals surface area contributed by atoms with Crippen LogP contribution in [0.1, 0.15) is 58.9 Å². The molecule has 1 N–H and O–H groups in total. The molecule has 0 aliphatic carbocycles. The first-order valence-electron chi connectivity index (χ1n) is 7.20. The Labute approximate surface area is 116 Å². The standard InChI is InChI=1S/C16H26N2O/c1-5-6-7-8-10-13-11-9-12-17-14(13)18-15(19)16(2,3)4/h9,11-12H,5-8,10H2,1-4H3,(H,17,18,19). The minimum Gasteiger partial charge on any atom is -0.310 e. The number of pyridine rings is 1. The van der Waals surface area contributed by atoms with Gasteiger partial charge in [-0.05, 0) is 24.5 Å². The van der Waals surface area contributed by atoms with Crippen molar-refractivity contribution in [1.29, 1.82) is 0 Å². The third kappa shape index (κ3) is 5.41. The molecule has 0 radical (unpaired) electrons. The summed E-state index contributed by atoms with van der Waals surface area (Å²) in [6, 6.07) is 3.99. The van der Waals surface area contributed by atoms with Crippen LogP contribution in [0.5, 0.6) is 0 Å². The molecule has 0 aliphatic heterocycles. The zero-order chi connectivity index (χ0) is 14.3. The zero-order valence-corrected chi connectivity index (χ0v) is 12.6. The van der Waals surface area contributed by atoms with Gasteiger partial charge in [-0.15, -0.1) is 0 Å². The normalized spacial score (nSPS) is 11.4. The number of nitrogens with zero attached hydrogens (tertiary/aromatic N) is 1. The Morgan fingerprint density at radius 2 is 2.00 bits per heavy atom. The highest BCUT2D eigenvalue weighted by Crippen LogP contribution is 2.20. The fourth-order valence-corrected chi connectivity index (χ4v) is 1.79. The van der Waals surface area contributed by atoms with Gasteiger partial charge >= 0.3 is 0 Å². The molecule has 0 atom stereocenters. The number of nitrogens with one attached hydrogen (secondary N) is 1. The van der Waals surface area contributed by atoms with Gasteiger partial charge in [0.2, 0.25) is 5.91 Å². The lowest BCUT2D eigenvalue weighted by molar-refractivity contribution is -0.123. The highest BCUT2D eigenvalue weighted by molar-refractivity contribution is 5.94. The maximum atomic E-state index is 12.0. The van der Waals surface area contributed by atoms with Crippen LogP contribution in [-0.4, -0.2) is 10.9 Å². The molecule has 0 saturated carbocycles. The van der Waals surface area contributed by atoms with Crippen molar-refractivity contribution in [2.45, 2.75) is 59.8 Å². The number of aromatic nitrogens is 1. The lowest BCUT2D eigenvalue weighted by Crippen LogP contribution is -2.28. The fraction of sp³-hybridized carbons (Fsp3) is 0.625. The van der Waals surface area contributed by atoms with Crippen molar-refractivity contribution in [2.24, 2.45) is 5.41 Å². The molecular weight excluding hydrogens is 236 g/mol. The quantitative estimate of drug-likeness (QED) is 0.781. The maximum absolute atomic E-state index is 12.0. The second-order valence-electron chi connectivity index (χ2n) is 6.03. The molecule has 0 spiro atoms. The van der Waals surface area contributed by atoms with Crippen molar-refractivity contribution >= 4 is 11.7 Å². The molecule has 0 bridgehead atoms. The Kier molecular flexibility index (Phi) is 6.00. The number of rotatable bonds is 6. The van der Waals surface area contributed by atoms with Gasteiger partial charge in [-0.3, -0.25) is 4.79 Å². The van der Waals surface area contributed by atoms with Gasteiger partial charge in [0.25, 0.3) is 0 Å². The van der Waals surface area contributed by atoms with Gasteiger partial charge in [-0.2, -0.15) is 0 Å². The van der Waals surface area contributed by atoms with E-state index in [1.54, 1.807) is 6.20 Å². The van der Waals surface area contributed by atoms with Crippen molar-refractivity contribution in [1.82, 2.24) is 4.98 Å². The largest absolute Gasteiger partial charge is 0.310 e. The van der Waals surface area contributed by atoms with Gasteiger partial charge in [-0.1, -0.05) is 53.0 Å². The van der Waals surface area contributed by atoms with E-state index in [0.29, 0.717) is 0 Å². The summed E-state index contributed by atoms with van der Waals surface area (Å²) in [7, 11) is 0. The molecule has 1 heterocycles. The first-order valence-corrected chi connectivity index (χ1v) is 7.20. The van der Waals surface area contributed by atoms with Crippen LogP contribution in [0.4, 0.5) is 5.82 Å².